The lowest BCUT2D eigenvalue weighted by molar-refractivity contribution is -0.147. The van der Waals surface area contributed by atoms with Gasteiger partial charge in [0.05, 0.1) is 0 Å². The molecule has 1 heterocycles. The highest BCUT2D eigenvalue weighted by Crippen LogP contribution is 2.29. The van der Waals surface area contributed by atoms with Crippen LogP contribution in [0.25, 0.3) is 0 Å². The van der Waals surface area contributed by atoms with Crippen molar-refractivity contribution in [2.24, 2.45) is 11.3 Å². The molecule has 1 unspecified atom stereocenters. The van der Waals surface area contributed by atoms with E-state index in [4.69, 9.17) is 0 Å². The third kappa shape index (κ3) is 1.34. The summed E-state index contributed by atoms with van der Waals surface area (Å²) in [6.45, 7) is 5.47. The van der Waals surface area contributed by atoms with E-state index in [1.807, 2.05) is 26.3 Å². The molecule has 1 amide bonds. The van der Waals surface area contributed by atoms with E-state index in [1.54, 1.807) is 0 Å². The molecule has 0 aromatic carbocycles. The number of amides is 1. The molecule has 1 aliphatic rings. The number of hydrogen-bond acceptors (Lipinski definition) is 3. The fourth-order valence-corrected chi connectivity index (χ4v) is 1.07. The third-order valence-corrected chi connectivity index (χ3v) is 1.62. The molecule has 1 fully saturated rings. The first-order valence-corrected chi connectivity index (χ1v) is 3.43. The van der Waals surface area contributed by atoms with Gasteiger partial charge in [0.15, 0.2) is 0 Å². The molecule has 62 valence electrons. The van der Waals surface area contributed by atoms with Crippen LogP contribution < -0.4 is 5.48 Å². The Balaban J connectivity index is 2.85. The molecular weight excluding hydrogens is 146 g/mol. The van der Waals surface area contributed by atoms with Crippen LogP contribution in [-0.2, 0) is 14.4 Å². The maximum absolute atomic E-state index is 11.0. The topological polar surface area (TPSA) is 55.4 Å². The molecule has 4 nitrogen and oxygen atoms in total. The van der Waals surface area contributed by atoms with E-state index in [0.29, 0.717) is 0 Å². The Morgan fingerprint density at radius 1 is 1.36 bits per heavy atom. The molecule has 0 radical (unpaired) electrons. The number of rotatable bonds is 0. The first-order valence-electron chi connectivity index (χ1n) is 3.43. The number of carbonyl (C=O) groups is 2. The quantitative estimate of drug-likeness (QED) is 0.512. The summed E-state index contributed by atoms with van der Waals surface area (Å²) in [5, 5.41) is 0. The zero-order valence-corrected chi connectivity index (χ0v) is 6.80. The first kappa shape index (κ1) is 8.04. The summed E-state index contributed by atoms with van der Waals surface area (Å²) in [5.41, 5.74) is 1.67. The fourth-order valence-electron chi connectivity index (χ4n) is 1.07. The van der Waals surface area contributed by atoms with Crippen LogP contribution in [0.15, 0.2) is 0 Å². The van der Waals surface area contributed by atoms with Gasteiger partial charge in [-0.2, -0.15) is 5.48 Å². The molecule has 0 aromatic rings. The second-order valence-electron chi connectivity index (χ2n) is 3.69. The number of carbonyl (C=O) groups excluding carboxylic acids is 2. The molecular formula is C7H11NO3. The van der Waals surface area contributed by atoms with Crippen molar-refractivity contribution in [2.45, 2.75) is 20.8 Å². The highest BCUT2D eigenvalue weighted by molar-refractivity contribution is 6.02. The molecule has 11 heavy (non-hydrogen) atoms. The van der Waals surface area contributed by atoms with Gasteiger partial charge in [-0.25, -0.2) is 4.79 Å². The Hall–Kier alpha value is -1.06. The van der Waals surface area contributed by atoms with Crippen LogP contribution in [-0.4, -0.2) is 11.9 Å². The summed E-state index contributed by atoms with van der Waals surface area (Å²) in [5.74, 6) is -1.49. The molecule has 1 saturated heterocycles. The molecule has 0 saturated carbocycles. The molecule has 4 heteroatoms. The fraction of sp³-hybridized carbons (Fsp3) is 0.714. The van der Waals surface area contributed by atoms with Gasteiger partial charge < -0.3 is 4.84 Å². The van der Waals surface area contributed by atoms with Crippen LogP contribution in [0.5, 0.6) is 0 Å². The van der Waals surface area contributed by atoms with E-state index >= 15 is 0 Å². The van der Waals surface area contributed by atoms with Crippen LogP contribution in [0, 0.1) is 11.3 Å². The van der Waals surface area contributed by atoms with Crippen LogP contribution in [0.1, 0.15) is 20.8 Å². The molecule has 1 atom stereocenters. The third-order valence-electron chi connectivity index (χ3n) is 1.62. The monoisotopic (exact) mass is 157 g/mol. The van der Waals surface area contributed by atoms with Crippen LogP contribution in [0.2, 0.25) is 0 Å². The van der Waals surface area contributed by atoms with E-state index in [0.717, 1.165) is 0 Å². The van der Waals surface area contributed by atoms with Crippen molar-refractivity contribution < 1.29 is 14.4 Å². The van der Waals surface area contributed by atoms with Gasteiger partial charge in [0, 0.05) is 0 Å². The molecule has 1 aliphatic heterocycles. The maximum atomic E-state index is 11.0. The molecule has 1 N–H and O–H groups in total. The minimum absolute atomic E-state index is 0.345. The normalized spacial score (nSPS) is 24.8. The predicted molar refractivity (Wildman–Crippen MR) is 37.2 cm³/mol. The van der Waals surface area contributed by atoms with Gasteiger partial charge in [0.25, 0.3) is 5.91 Å². The Labute approximate surface area is 64.9 Å². The van der Waals surface area contributed by atoms with Crippen molar-refractivity contribution in [3.63, 3.8) is 0 Å². The van der Waals surface area contributed by atoms with E-state index in [9.17, 15) is 9.59 Å². The number of hydroxylamine groups is 1. The van der Waals surface area contributed by atoms with Gasteiger partial charge in [-0.15, -0.1) is 0 Å². The molecule has 0 bridgehead atoms. The highest BCUT2D eigenvalue weighted by atomic mass is 16.7. The van der Waals surface area contributed by atoms with Crippen molar-refractivity contribution in [3.05, 3.63) is 0 Å². The van der Waals surface area contributed by atoms with Gasteiger partial charge in [-0.1, -0.05) is 20.8 Å². The lowest BCUT2D eigenvalue weighted by Gasteiger charge is -2.19. The van der Waals surface area contributed by atoms with Crippen LogP contribution >= 0.6 is 0 Å². The Morgan fingerprint density at radius 2 is 1.91 bits per heavy atom. The molecule has 0 aromatic heterocycles. The Bertz CT molecular complexity index is 188. The average Bonchev–Trinajstić information content (AvgIpc) is 2.08. The lowest BCUT2D eigenvalue weighted by atomic mass is 9.81. The van der Waals surface area contributed by atoms with E-state index in [2.05, 4.69) is 4.84 Å². The van der Waals surface area contributed by atoms with Gasteiger partial charge in [-0.05, 0) is 5.41 Å². The SMILES string of the molecule is CC(C)(C)C1C(=O)NOC1=O. The summed E-state index contributed by atoms with van der Waals surface area (Å²) in [6.07, 6.45) is 0. The summed E-state index contributed by atoms with van der Waals surface area (Å²) < 4.78 is 0. The van der Waals surface area contributed by atoms with Crippen LogP contribution in [0.3, 0.4) is 0 Å². The standard InChI is InChI=1S/C7H11NO3/c1-7(2,3)4-5(9)8-11-6(4)10/h4H,1-3H3,(H,8,9). The summed E-state index contributed by atoms with van der Waals surface area (Å²) in [4.78, 5) is 26.3. The largest absolute Gasteiger partial charge is 0.345 e. The second kappa shape index (κ2) is 2.22. The van der Waals surface area contributed by atoms with Gasteiger partial charge in [-0.3, -0.25) is 4.79 Å². The Morgan fingerprint density at radius 3 is 2.09 bits per heavy atom. The van der Waals surface area contributed by atoms with Crippen molar-refractivity contribution in [3.8, 4) is 0 Å². The Kier molecular flexibility index (Phi) is 1.62. The zero-order valence-electron chi connectivity index (χ0n) is 6.80. The molecule has 1 rings (SSSR count). The number of nitrogens with one attached hydrogen (secondary N) is 1. The second-order valence-corrected chi connectivity index (χ2v) is 3.69. The predicted octanol–water partition coefficient (Wildman–Crippen LogP) is 0.237. The zero-order chi connectivity index (χ0) is 8.65. The van der Waals surface area contributed by atoms with E-state index in [-0.39, 0.29) is 11.3 Å². The maximum Gasteiger partial charge on any atom is 0.345 e. The minimum Gasteiger partial charge on any atom is -0.340 e. The average molecular weight is 157 g/mol. The van der Waals surface area contributed by atoms with Crippen molar-refractivity contribution >= 4 is 11.9 Å². The van der Waals surface area contributed by atoms with Crippen molar-refractivity contribution in [1.82, 2.24) is 5.48 Å². The van der Waals surface area contributed by atoms with Gasteiger partial charge in [0.2, 0.25) is 0 Å². The molecule has 0 spiro atoms. The summed E-state index contributed by atoms with van der Waals surface area (Å²) >= 11 is 0. The minimum atomic E-state index is -0.664. The lowest BCUT2D eigenvalue weighted by Crippen LogP contribution is -2.31. The van der Waals surface area contributed by atoms with Gasteiger partial charge in [0.1, 0.15) is 5.92 Å². The van der Waals surface area contributed by atoms with E-state index in [1.165, 1.54) is 0 Å². The van der Waals surface area contributed by atoms with Gasteiger partial charge >= 0.3 is 5.97 Å². The highest BCUT2D eigenvalue weighted by Gasteiger charge is 2.44. The number of hydrogen-bond donors (Lipinski definition) is 1. The summed E-state index contributed by atoms with van der Waals surface area (Å²) in [7, 11) is 0. The van der Waals surface area contributed by atoms with Crippen molar-refractivity contribution in [2.75, 3.05) is 0 Å². The summed E-state index contributed by atoms with van der Waals surface area (Å²) in [6, 6.07) is 0. The van der Waals surface area contributed by atoms with E-state index < -0.39 is 11.9 Å². The first-order chi connectivity index (χ1) is 4.93. The van der Waals surface area contributed by atoms with Crippen LogP contribution in [0.4, 0.5) is 0 Å². The van der Waals surface area contributed by atoms with Crippen molar-refractivity contribution in [1.29, 1.82) is 0 Å². The molecule has 0 aliphatic carbocycles. The smallest absolute Gasteiger partial charge is 0.340 e.